The summed E-state index contributed by atoms with van der Waals surface area (Å²) >= 11 is 0. The summed E-state index contributed by atoms with van der Waals surface area (Å²) in [5.74, 6) is 0. The lowest BCUT2D eigenvalue weighted by atomic mass is 9.74. The average molecular weight is 705 g/mol. The summed E-state index contributed by atoms with van der Waals surface area (Å²) in [6.45, 7) is 9.57. The molecule has 13 aromatic rings. The van der Waals surface area contributed by atoms with Crippen LogP contribution in [0.15, 0.2) is 138 Å². The van der Waals surface area contributed by atoms with Gasteiger partial charge in [-0.2, -0.15) is 8.97 Å². The molecule has 7 heterocycles. The number of benzene rings is 7. The number of rotatable bonds is 0. The number of hydrogen-bond donors (Lipinski definition) is 0. The van der Waals surface area contributed by atoms with Crippen LogP contribution in [0, 0.1) is 0 Å². The van der Waals surface area contributed by atoms with Crippen molar-refractivity contribution in [2.75, 3.05) is 0 Å². The number of nitrogens with zero attached hydrogens (tertiary/aromatic N) is 3. The normalized spacial score (nSPS) is 15.6. The molecule has 0 fully saturated rings. The lowest BCUT2D eigenvalue weighted by Gasteiger charge is -2.31. The second kappa shape index (κ2) is 8.99. The Morgan fingerprint density at radius 2 is 1.24 bits per heavy atom. The average Bonchev–Trinajstić information content (AvgIpc) is 3.91. The third-order valence-corrected chi connectivity index (χ3v) is 13.8. The van der Waals surface area contributed by atoms with E-state index in [1.165, 1.54) is 93.7 Å². The maximum atomic E-state index is 7.29. The largest absolute Gasteiger partial charge is 0.455 e. The molecule has 2 aliphatic rings. The van der Waals surface area contributed by atoms with Crippen molar-refractivity contribution in [1.82, 2.24) is 8.97 Å². The lowest BCUT2D eigenvalue weighted by molar-refractivity contribution is -0.447. The zero-order valence-corrected chi connectivity index (χ0v) is 31.0. The SMILES string of the molecule is CC1(C)c2ccccc2-n2c3c1ccc1c4cccc5c6cc7c(cc6[n+](c13)c2c1ccccc1oc54)c1cccc2c3c(n7c21)C(C)(C)c1ccccc1-3. The highest BCUT2D eigenvalue weighted by Gasteiger charge is 2.43. The summed E-state index contributed by atoms with van der Waals surface area (Å²) in [4.78, 5) is 0. The first-order chi connectivity index (χ1) is 26.8. The third-order valence-electron chi connectivity index (χ3n) is 13.8. The van der Waals surface area contributed by atoms with Crippen LogP contribution in [0.4, 0.5) is 0 Å². The van der Waals surface area contributed by atoms with Gasteiger partial charge in [-0.3, -0.25) is 0 Å². The molecule has 55 heavy (non-hydrogen) atoms. The van der Waals surface area contributed by atoms with E-state index in [4.69, 9.17) is 4.42 Å². The van der Waals surface area contributed by atoms with Crippen LogP contribution in [-0.2, 0) is 10.8 Å². The Bertz CT molecular complexity index is 3770. The fourth-order valence-electron chi connectivity index (χ4n) is 11.5. The Hall–Kier alpha value is -6.65. The Balaban J connectivity index is 1.33. The summed E-state index contributed by atoms with van der Waals surface area (Å²) in [6.07, 6.45) is 0. The van der Waals surface area contributed by atoms with Gasteiger partial charge in [0, 0.05) is 70.9 Å². The maximum absolute atomic E-state index is 7.29. The van der Waals surface area contributed by atoms with Crippen molar-refractivity contribution in [1.29, 1.82) is 0 Å². The van der Waals surface area contributed by atoms with Gasteiger partial charge in [-0.25, -0.2) is 0 Å². The number of para-hydroxylation sites is 4. The Kier molecular flexibility index (Phi) is 4.71. The minimum absolute atomic E-state index is 0.164. The van der Waals surface area contributed by atoms with Crippen LogP contribution >= 0.6 is 0 Å². The summed E-state index contributed by atoms with van der Waals surface area (Å²) in [7, 11) is 0. The Morgan fingerprint density at radius 3 is 2.11 bits per heavy atom. The fraction of sp³-hybridized carbons (Fsp3) is 0.118. The van der Waals surface area contributed by atoms with E-state index in [0.717, 1.165) is 33.0 Å². The van der Waals surface area contributed by atoms with Crippen molar-refractivity contribution in [2.45, 2.75) is 38.5 Å². The third kappa shape index (κ3) is 3.03. The molecule has 1 aliphatic carbocycles. The molecule has 7 aromatic carbocycles. The molecule has 0 radical (unpaired) electrons. The standard InChI is InChI=1S/C51H34N3O/c1-50(2)37-20-8-9-21-39(37)53-46-38(50)24-23-28-29-16-12-17-30-35-26-40-34(25-41(35)54(45(28)46)49(53)32-14-6-10-22-42(32)55-47(29)30)27-15-11-18-33-43-31-13-5-7-19-36(31)51(3,4)48(43)52(40)44(27)33/h5-26H,1-4H3/q+1. The van der Waals surface area contributed by atoms with Crippen LogP contribution in [0.5, 0.6) is 0 Å². The highest BCUT2D eigenvalue weighted by Crippen LogP contribution is 2.55. The molecule has 0 N–H and O–H groups in total. The van der Waals surface area contributed by atoms with Crippen LogP contribution in [0.3, 0.4) is 0 Å². The van der Waals surface area contributed by atoms with Gasteiger partial charge in [0.1, 0.15) is 27.8 Å². The molecule has 0 spiro atoms. The summed E-state index contributed by atoms with van der Waals surface area (Å²) in [5.41, 5.74) is 18.1. The number of fused-ring (bicyclic) bond motifs is 10. The summed E-state index contributed by atoms with van der Waals surface area (Å²) in [5, 5.41) is 9.56. The number of aromatic nitrogens is 3. The lowest BCUT2D eigenvalue weighted by Crippen LogP contribution is -2.26. The second-order valence-electron chi connectivity index (χ2n) is 17.1. The smallest absolute Gasteiger partial charge is 0.304 e. The molecule has 15 rings (SSSR count). The van der Waals surface area contributed by atoms with Crippen molar-refractivity contribution in [3.63, 3.8) is 0 Å². The van der Waals surface area contributed by atoms with Gasteiger partial charge in [-0.1, -0.05) is 125 Å². The Morgan fingerprint density at radius 1 is 0.527 bits per heavy atom. The van der Waals surface area contributed by atoms with Crippen molar-refractivity contribution >= 4 is 87.5 Å². The Labute approximate surface area is 315 Å². The zero-order valence-electron chi connectivity index (χ0n) is 31.0. The molecule has 6 bridgehead atoms. The topological polar surface area (TPSA) is 26.6 Å². The van der Waals surface area contributed by atoms with Crippen LogP contribution < -0.4 is 4.40 Å². The van der Waals surface area contributed by atoms with Gasteiger partial charge in [-0.05, 0) is 47.5 Å². The van der Waals surface area contributed by atoms with Crippen molar-refractivity contribution in [2.24, 2.45) is 0 Å². The van der Waals surface area contributed by atoms with Gasteiger partial charge >= 0.3 is 5.65 Å². The molecular formula is C51H34N3O+. The summed E-state index contributed by atoms with van der Waals surface area (Å²) < 4.78 is 15.0. The molecule has 1 aliphatic heterocycles. The van der Waals surface area contributed by atoms with E-state index >= 15 is 0 Å². The van der Waals surface area contributed by atoms with Gasteiger partial charge in [0.05, 0.1) is 11.0 Å². The van der Waals surface area contributed by atoms with Gasteiger partial charge in [0.2, 0.25) is 0 Å². The van der Waals surface area contributed by atoms with E-state index in [2.05, 4.69) is 175 Å². The van der Waals surface area contributed by atoms with Crippen molar-refractivity contribution in [3.8, 4) is 16.8 Å². The van der Waals surface area contributed by atoms with E-state index in [-0.39, 0.29) is 10.8 Å². The molecule has 0 saturated carbocycles. The zero-order chi connectivity index (χ0) is 36.3. The highest BCUT2D eigenvalue weighted by atomic mass is 16.3. The van der Waals surface area contributed by atoms with E-state index in [1.54, 1.807) is 0 Å². The minimum Gasteiger partial charge on any atom is -0.455 e. The first-order valence-corrected chi connectivity index (χ1v) is 19.5. The first-order valence-electron chi connectivity index (χ1n) is 19.5. The monoisotopic (exact) mass is 704 g/mol. The van der Waals surface area contributed by atoms with E-state index in [0.29, 0.717) is 0 Å². The number of hydrogen-bond acceptors (Lipinski definition) is 1. The molecule has 6 aromatic heterocycles. The van der Waals surface area contributed by atoms with E-state index < -0.39 is 0 Å². The van der Waals surface area contributed by atoms with Crippen molar-refractivity contribution < 1.29 is 8.82 Å². The first kappa shape index (κ1) is 28.8. The summed E-state index contributed by atoms with van der Waals surface area (Å²) in [6, 6.07) is 50.0. The highest BCUT2D eigenvalue weighted by molar-refractivity contribution is 6.24. The van der Waals surface area contributed by atoms with Gasteiger partial charge in [0.15, 0.2) is 11.0 Å². The molecular weight excluding hydrogens is 671 g/mol. The predicted molar refractivity (Wildman–Crippen MR) is 226 cm³/mol. The van der Waals surface area contributed by atoms with Crippen LogP contribution in [-0.4, -0.2) is 8.97 Å². The fourth-order valence-corrected chi connectivity index (χ4v) is 11.5. The second-order valence-corrected chi connectivity index (χ2v) is 17.1. The molecule has 0 amide bonds. The molecule has 0 saturated heterocycles. The molecule has 0 unspecified atom stereocenters. The van der Waals surface area contributed by atoms with E-state index in [9.17, 15) is 0 Å². The van der Waals surface area contributed by atoms with Crippen LogP contribution in [0.25, 0.3) is 104 Å². The van der Waals surface area contributed by atoms with Crippen LogP contribution in [0.2, 0.25) is 0 Å². The van der Waals surface area contributed by atoms with Gasteiger partial charge < -0.3 is 8.82 Å². The molecule has 0 atom stereocenters. The molecule has 4 nitrogen and oxygen atoms in total. The van der Waals surface area contributed by atoms with E-state index in [1.807, 2.05) is 0 Å². The van der Waals surface area contributed by atoms with Gasteiger partial charge in [0.25, 0.3) is 0 Å². The maximum Gasteiger partial charge on any atom is 0.304 e. The van der Waals surface area contributed by atoms with Gasteiger partial charge in [-0.15, -0.1) is 0 Å². The molecule has 258 valence electrons. The van der Waals surface area contributed by atoms with Crippen molar-refractivity contribution in [3.05, 3.63) is 156 Å². The number of imidazole rings is 1. The molecule has 4 heteroatoms. The quantitative estimate of drug-likeness (QED) is 0.144. The van der Waals surface area contributed by atoms with Crippen LogP contribution in [0.1, 0.15) is 50.1 Å². The predicted octanol–water partition coefficient (Wildman–Crippen LogP) is 12.5. The minimum atomic E-state index is -0.198.